The summed E-state index contributed by atoms with van der Waals surface area (Å²) in [5.74, 6) is -0.00783. The molecule has 11 heteroatoms. The number of methoxy groups -OCH3 is 1. The van der Waals surface area contributed by atoms with Crippen molar-refractivity contribution in [1.82, 2.24) is 9.97 Å². The monoisotopic (exact) mass is 498 g/mol. The van der Waals surface area contributed by atoms with Gasteiger partial charge >= 0.3 is 12.1 Å². The van der Waals surface area contributed by atoms with E-state index in [9.17, 15) is 23.1 Å². The minimum atomic E-state index is -4.44. The minimum absolute atomic E-state index is 0.310. The predicted molar refractivity (Wildman–Crippen MR) is 120 cm³/mol. The fourth-order valence-corrected chi connectivity index (χ4v) is 4.88. The number of hydrogen-bond acceptors (Lipinski definition) is 7. The molecule has 0 fully saturated rings. The first-order chi connectivity index (χ1) is 15.5. The number of aliphatic carboxylic acids is 1. The van der Waals surface area contributed by atoms with Crippen molar-refractivity contribution < 1.29 is 32.5 Å². The summed E-state index contributed by atoms with van der Waals surface area (Å²) < 4.78 is 49.1. The number of carboxylic acid groups (broad SMARTS) is 1. The molecule has 0 aliphatic rings. The van der Waals surface area contributed by atoms with Gasteiger partial charge in [0.1, 0.15) is 4.75 Å². The standard InChI is InChI=1S/C22H21F3N2O4S2/c1-21(2,19(28)29)33-20-27-15(12-32-20)8-9-31-17-7-4-13(10-18(17)30-3)16-6-5-14(11-26-16)22(23,24)25/h4-7,10-12H,8-9H2,1-3H3,(H,28,29). The number of alkyl halides is 3. The lowest BCUT2D eigenvalue weighted by Crippen LogP contribution is -2.26. The van der Waals surface area contributed by atoms with Gasteiger partial charge in [-0.05, 0) is 44.2 Å². The highest BCUT2D eigenvalue weighted by atomic mass is 32.2. The Bertz CT molecular complexity index is 1120. The van der Waals surface area contributed by atoms with Crippen LogP contribution in [-0.2, 0) is 17.4 Å². The normalized spacial score (nSPS) is 11.9. The molecule has 0 unspecified atom stereocenters. The van der Waals surface area contributed by atoms with Gasteiger partial charge in [-0.3, -0.25) is 9.78 Å². The van der Waals surface area contributed by atoms with Gasteiger partial charge in [0.05, 0.1) is 30.7 Å². The number of ether oxygens (including phenoxy) is 2. The number of carbonyl (C=O) groups is 1. The summed E-state index contributed by atoms with van der Waals surface area (Å²) >= 11 is 2.57. The lowest BCUT2D eigenvalue weighted by atomic mass is 10.1. The van der Waals surface area contributed by atoms with E-state index in [4.69, 9.17) is 9.47 Å². The largest absolute Gasteiger partial charge is 0.493 e. The predicted octanol–water partition coefficient (Wildman–Crippen LogP) is 5.81. The maximum Gasteiger partial charge on any atom is 0.417 e. The molecule has 1 aromatic carbocycles. The van der Waals surface area contributed by atoms with Crippen LogP contribution in [0.4, 0.5) is 13.2 Å². The Morgan fingerprint density at radius 3 is 2.55 bits per heavy atom. The molecule has 0 amide bonds. The van der Waals surface area contributed by atoms with Crippen molar-refractivity contribution in [2.24, 2.45) is 0 Å². The van der Waals surface area contributed by atoms with Gasteiger partial charge < -0.3 is 14.6 Å². The molecule has 3 aromatic rings. The van der Waals surface area contributed by atoms with Gasteiger partial charge in [0, 0.05) is 23.6 Å². The first-order valence-corrected chi connectivity index (χ1v) is 11.4. The second-order valence-electron chi connectivity index (χ2n) is 7.42. The summed E-state index contributed by atoms with van der Waals surface area (Å²) in [5, 5.41) is 11.1. The quantitative estimate of drug-likeness (QED) is 0.373. The van der Waals surface area contributed by atoms with E-state index >= 15 is 0 Å². The molecule has 0 saturated carbocycles. The van der Waals surface area contributed by atoms with E-state index in [1.54, 1.807) is 32.0 Å². The van der Waals surface area contributed by atoms with E-state index in [1.165, 1.54) is 36.3 Å². The number of hydrogen-bond donors (Lipinski definition) is 1. The Labute approximate surface area is 196 Å². The first kappa shape index (κ1) is 24.8. The summed E-state index contributed by atoms with van der Waals surface area (Å²) in [4.78, 5) is 19.6. The summed E-state index contributed by atoms with van der Waals surface area (Å²) in [6.07, 6.45) is -3.13. The van der Waals surface area contributed by atoms with Gasteiger partial charge in [-0.2, -0.15) is 13.2 Å². The Morgan fingerprint density at radius 1 is 1.18 bits per heavy atom. The molecule has 0 radical (unpaired) electrons. The van der Waals surface area contributed by atoms with Gasteiger partial charge in [0.15, 0.2) is 15.8 Å². The van der Waals surface area contributed by atoms with Crippen LogP contribution in [-0.4, -0.2) is 39.5 Å². The van der Waals surface area contributed by atoms with Crippen molar-refractivity contribution in [3.63, 3.8) is 0 Å². The van der Waals surface area contributed by atoms with E-state index in [0.29, 0.717) is 40.1 Å². The van der Waals surface area contributed by atoms with Crippen molar-refractivity contribution in [3.8, 4) is 22.8 Å². The van der Waals surface area contributed by atoms with Crippen molar-refractivity contribution >= 4 is 29.1 Å². The highest BCUT2D eigenvalue weighted by Gasteiger charge is 2.31. The average molecular weight is 499 g/mol. The van der Waals surface area contributed by atoms with Crippen LogP contribution in [0, 0.1) is 0 Å². The fourth-order valence-electron chi connectivity index (χ4n) is 2.66. The van der Waals surface area contributed by atoms with Crippen LogP contribution in [0.2, 0.25) is 0 Å². The Hall–Kier alpha value is -2.79. The number of pyridine rings is 1. The number of rotatable bonds is 9. The summed E-state index contributed by atoms with van der Waals surface area (Å²) in [5.41, 5.74) is 0.946. The maximum atomic E-state index is 12.7. The van der Waals surface area contributed by atoms with Crippen LogP contribution in [0.15, 0.2) is 46.2 Å². The molecule has 176 valence electrons. The number of aromatic nitrogens is 2. The zero-order valence-electron chi connectivity index (χ0n) is 18.0. The SMILES string of the molecule is COc1cc(-c2ccc(C(F)(F)F)cn2)ccc1OCCc1csc(SC(C)(C)C(=O)O)n1. The van der Waals surface area contributed by atoms with E-state index in [1.807, 2.05) is 5.38 Å². The Morgan fingerprint density at radius 2 is 1.94 bits per heavy atom. The summed E-state index contributed by atoms with van der Waals surface area (Å²) in [6.45, 7) is 3.56. The third-order valence-corrected chi connectivity index (χ3v) is 6.73. The number of halogens is 3. The lowest BCUT2D eigenvalue weighted by Gasteiger charge is -2.15. The molecular formula is C22H21F3N2O4S2. The number of carboxylic acids is 1. The zero-order chi connectivity index (χ0) is 24.2. The molecule has 0 atom stereocenters. The molecule has 0 aliphatic heterocycles. The molecule has 3 rings (SSSR count). The lowest BCUT2D eigenvalue weighted by molar-refractivity contribution is -0.139. The minimum Gasteiger partial charge on any atom is -0.493 e. The zero-order valence-corrected chi connectivity index (χ0v) is 19.6. The molecular weight excluding hydrogens is 477 g/mol. The van der Waals surface area contributed by atoms with Gasteiger partial charge in [0.2, 0.25) is 0 Å². The van der Waals surface area contributed by atoms with Crippen LogP contribution in [0.3, 0.4) is 0 Å². The molecule has 2 aromatic heterocycles. The number of benzene rings is 1. The number of thioether (sulfide) groups is 1. The third-order valence-electron chi connectivity index (χ3n) is 4.55. The molecule has 0 saturated heterocycles. The van der Waals surface area contributed by atoms with Crippen LogP contribution in [0.1, 0.15) is 25.1 Å². The van der Waals surface area contributed by atoms with Crippen LogP contribution in [0.25, 0.3) is 11.3 Å². The highest BCUT2D eigenvalue weighted by Crippen LogP contribution is 2.36. The van der Waals surface area contributed by atoms with Crippen LogP contribution in [0.5, 0.6) is 11.5 Å². The van der Waals surface area contributed by atoms with Crippen molar-refractivity contribution in [3.05, 3.63) is 53.2 Å². The van der Waals surface area contributed by atoms with E-state index < -0.39 is 22.5 Å². The fraction of sp³-hybridized carbons (Fsp3) is 0.318. The molecule has 6 nitrogen and oxygen atoms in total. The van der Waals surface area contributed by atoms with Crippen LogP contribution >= 0.6 is 23.1 Å². The molecule has 0 spiro atoms. The molecule has 0 bridgehead atoms. The molecule has 33 heavy (non-hydrogen) atoms. The Balaban J connectivity index is 1.63. The van der Waals surface area contributed by atoms with Crippen molar-refractivity contribution in [2.45, 2.75) is 35.5 Å². The number of thiazole rings is 1. The highest BCUT2D eigenvalue weighted by molar-refractivity contribution is 8.02. The van der Waals surface area contributed by atoms with Crippen LogP contribution < -0.4 is 9.47 Å². The summed E-state index contributed by atoms with van der Waals surface area (Å²) in [7, 11) is 1.47. The van der Waals surface area contributed by atoms with Gasteiger partial charge in [-0.1, -0.05) is 11.8 Å². The van der Waals surface area contributed by atoms with Crippen molar-refractivity contribution in [2.75, 3.05) is 13.7 Å². The molecule has 2 heterocycles. The maximum absolute atomic E-state index is 12.7. The van der Waals surface area contributed by atoms with Gasteiger partial charge in [-0.25, -0.2) is 4.98 Å². The average Bonchev–Trinajstić information content (AvgIpc) is 3.19. The Kier molecular flexibility index (Phi) is 7.53. The van der Waals surface area contributed by atoms with Gasteiger partial charge in [-0.15, -0.1) is 11.3 Å². The topological polar surface area (TPSA) is 81.5 Å². The van der Waals surface area contributed by atoms with E-state index in [0.717, 1.165) is 18.0 Å². The molecule has 1 N–H and O–H groups in total. The summed E-state index contributed by atoms with van der Waals surface area (Å²) in [6, 6.07) is 7.31. The smallest absolute Gasteiger partial charge is 0.417 e. The van der Waals surface area contributed by atoms with Gasteiger partial charge in [0.25, 0.3) is 0 Å². The van der Waals surface area contributed by atoms with Crippen molar-refractivity contribution in [1.29, 1.82) is 0 Å². The van der Waals surface area contributed by atoms with E-state index in [2.05, 4.69) is 9.97 Å². The molecule has 0 aliphatic carbocycles. The number of nitrogens with zero attached hydrogens (tertiary/aromatic N) is 2. The van der Waals surface area contributed by atoms with E-state index in [-0.39, 0.29) is 0 Å². The second-order valence-corrected chi connectivity index (χ2v) is 10.1. The third kappa shape index (κ3) is 6.38. The first-order valence-electron chi connectivity index (χ1n) is 9.71. The second kappa shape index (κ2) is 10.0.